The van der Waals surface area contributed by atoms with Gasteiger partial charge in [-0.05, 0) is 24.9 Å². The molecule has 0 fully saturated rings. The Morgan fingerprint density at radius 3 is 2.75 bits per heavy atom. The van der Waals surface area contributed by atoms with Crippen molar-refractivity contribution in [3.05, 3.63) is 16.6 Å². The summed E-state index contributed by atoms with van der Waals surface area (Å²) in [6.45, 7) is 1.94. The van der Waals surface area contributed by atoms with Crippen LogP contribution >= 0.6 is 23.1 Å². The Labute approximate surface area is 126 Å². The second-order valence-electron chi connectivity index (χ2n) is 4.12. The van der Waals surface area contributed by atoms with Crippen molar-refractivity contribution >= 4 is 35.1 Å². The number of aromatic nitrogens is 1. The topological polar surface area (TPSA) is 91.3 Å². The summed E-state index contributed by atoms with van der Waals surface area (Å²) in [6.07, 6.45) is 4.68. The molecule has 0 aliphatic heterocycles. The fourth-order valence-corrected chi connectivity index (χ4v) is 2.84. The summed E-state index contributed by atoms with van der Waals surface area (Å²) in [4.78, 5) is 27.1. The van der Waals surface area contributed by atoms with Crippen molar-refractivity contribution in [2.45, 2.75) is 31.8 Å². The fraction of sp³-hybridized carbons (Fsp3) is 0.583. The standard InChI is InChI=1S/C12H19N3O3S2/c1-3-8(10-13-5-7-20-10)14-12(18)15-9(11(16)17)4-6-19-2/h5,7-9H,3-4,6H2,1-2H3,(H,16,17)(H2,14,15,18)/t8?,9-/m0/s1. The summed E-state index contributed by atoms with van der Waals surface area (Å²) in [5.74, 6) is -0.336. The van der Waals surface area contributed by atoms with Crippen LogP contribution in [0.25, 0.3) is 0 Å². The molecule has 8 heteroatoms. The number of hydrogen-bond acceptors (Lipinski definition) is 5. The first-order chi connectivity index (χ1) is 9.58. The van der Waals surface area contributed by atoms with Crippen molar-refractivity contribution in [2.75, 3.05) is 12.0 Å². The van der Waals surface area contributed by atoms with E-state index >= 15 is 0 Å². The zero-order valence-corrected chi connectivity index (χ0v) is 13.1. The van der Waals surface area contributed by atoms with E-state index in [4.69, 9.17) is 5.11 Å². The largest absolute Gasteiger partial charge is 0.480 e. The van der Waals surface area contributed by atoms with E-state index in [0.717, 1.165) is 5.01 Å². The van der Waals surface area contributed by atoms with E-state index in [0.29, 0.717) is 18.6 Å². The number of urea groups is 1. The monoisotopic (exact) mass is 317 g/mol. The molecular formula is C12H19N3O3S2. The van der Waals surface area contributed by atoms with Gasteiger partial charge in [-0.15, -0.1) is 11.3 Å². The van der Waals surface area contributed by atoms with Crippen molar-refractivity contribution in [1.82, 2.24) is 15.6 Å². The molecule has 3 N–H and O–H groups in total. The van der Waals surface area contributed by atoms with E-state index in [1.807, 2.05) is 18.6 Å². The summed E-state index contributed by atoms with van der Waals surface area (Å²) in [5.41, 5.74) is 0. The molecule has 0 aromatic carbocycles. The Bertz CT molecular complexity index is 426. The SMILES string of the molecule is CCC(NC(=O)N[C@@H](CCSC)C(=O)O)c1nccs1. The number of rotatable bonds is 8. The van der Waals surface area contributed by atoms with Gasteiger partial charge in [0.05, 0.1) is 6.04 Å². The molecule has 0 saturated carbocycles. The average molecular weight is 317 g/mol. The predicted octanol–water partition coefficient (Wildman–Crippen LogP) is 2.10. The molecule has 112 valence electrons. The second kappa shape index (κ2) is 8.80. The van der Waals surface area contributed by atoms with Crippen molar-refractivity contribution in [3.8, 4) is 0 Å². The van der Waals surface area contributed by atoms with Crippen LogP contribution in [0.3, 0.4) is 0 Å². The van der Waals surface area contributed by atoms with Crippen LogP contribution in [0.1, 0.15) is 30.8 Å². The van der Waals surface area contributed by atoms with Gasteiger partial charge in [-0.1, -0.05) is 6.92 Å². The van der Waals surface area contributed by atoms with E-state index in [9.17, 15) is 9.59 Å². The maximum Gasteiger partial charge on any atom is 0.326 e. The lowest BCUT2D eigenvalue weighted by atomic mass is 10.2. The molecule has 1 rings (SSSR count). The van der Waals surface area contributed by atoms with Crippen molar-refractivity contribution in [1.29, 1.82) is 0 Å². The van der Waals surface area contributed by atoms with Gasteiger partial charge >= 0.3 is 12.0 Å². The Morgan fingerprint density at radius 2 is 2.25 bits per heavy atom. The highest BCUT2D eigenvalue weighted by molar-refractivity contribution is 7.98. The maximum absolute atomic E-state index is 11.9. The van der Waals surface area contributed by atoms with Gasteiger partial charge in [0.1, 0.15) is 11.0 Å². The highest BCUT2D eigenvalue weighted by atomic mass is 32.2. The Hall–Kier alpha value is -1.28. The van der Waals surface area contributed by atoms with Crippen molar-refractivity contribution in [2.24, 2.45) is 0 Å². The van der Waals surface area contributed by atoms with Crippen molar-refractivity contribution in [3.63, 3.8) is 0 Å². The van der Waals surface area contributed by atoms with Gasteiger partial charge < -0.3 is 15.7 Å². The second-order valence-corrected chi connectivity index (χ2v) is 6.03. The lowest BCUT2D eigenvalue weighted by Crippen LogP contribution is -2.47. The minimum atomic E-state index is -1.02. The fourth-order valence-electron chi connectivity index (χ4n) is 1.60. The molecule has 1 unspecified atom stereocenters. The number of carboxylic acid groups (broad SMARTS) is 1. The van der Waals surface area contributed by atoms with Crippen LogP contribution in [-0.4, -0.2) is 40.1 Å². The van der Waals surface area contributed by atoms with Gasteiger partial charge in [0, 0.05) is 11.6 Å². The molecule has 0 saturated heterocycles. The molecule has 6 nitrogen and oxygen atoms in total. The quantitative estimate of drug-likeness (QED) is 0.683. The van der Waals surface area contributed by atoms with Gasteiger partial charge in [-0.25, -0.2) is 14.6 Å². The highest BCUT2D eigenvalue weighted by Crippen LogP contribution is 2.18. The van der Waals surface area contributed by atoms with E-state index in [2.05, 4.69) is 15.6 Å². The zero-order valence-electron chi connectivity index (χ0n) is 11.5. The highest BCUT2D eigenvalue weighted by Gasteiger charge is 2.21. The first-order valence-electron chi connectivity index (χ1n) is 6.26. The third-order valence-electron chi connectivity index (χ3n) is 2.68. The summed E-state index contributed by atoms with van der Waals surface area (Å²) in [7, 11) is 0. The number of hydrogen-bond donors (Lipinski definition) is 3. The smallest absolute Gasteiger partial charge is 0.326 e. The molecule has 1 aromatic rings. The number of thioether (sulfide) groups is 1. The zero-order chi connectivity index (χ0) is 15.0. The third kappa shape index (κ3) is 5.38. The molecule has 1 aromatic heterocycles. The number of carbonyl (C=O) groups is 2. The van der Waals surface area contributed by atoms with Crippen LogP contribution in [-0.2, 0) is 4.79 Å². The molecule has 2 amide bonds. The first kappa shape index (κ1) is 16.8. The van der Waals surface area contributed by atoms with Gasteiger partial charge in [-0.3, -0.25) is 0 Å². The number of nitrogens with zero attached hydrogens (tertiary/aromatic N) is 1. The molecule has 0 aliphatic rings. The number of carbonyl (C=O) groups excluding carboxylic acids is 1. The Kier molecular flexibility index (Phi) is 7.38. The van der Waals surface area contributed by atoms with Crippen LogP contribution in [0.4, 0.5) is 4.79 Å². The number of nitrogens with one attached hydrogen (secondary N) is 2. The van der Waals surface area contributed by atoms with Gasteiger partial charge in [0.25, 0.3) is 0 Å². The van der Waals surface area contributed by atoms with E-state index in [-0.39, 0.29) is 6.04 Å². The number of amides is 2. The minimum absolute atomic E-state index is 0.190. The minimum Gasteiger partial charge on any atom is -0.480 e. The van der Waals surface area contributed by atoms with Crippen LogP contribution in [0.2, 0.25) is 0 Å². The Morgan fingerprint density at radius 1 is 1.50 bits per heavy atom. The molecule has 2 atom stereocenters. The van der Waals surface area contributed by atoms with E-state index in [1.165, 1.54) is 11.3 Å². The molecule has 20 heavy (non-hydrogen) atoms. The summed E-state index contributed by atoms with van der Waals surface area (Å²) >= 11 is 3.01. The number of aliphatic carboxylic acids is 1. The lowest BCUT2D eigenvalue weighted by Gasteiger charge is -2.18. The first-order valence-corrected chi connectivity index (χ1v) is 8.54. The van der Waals surface area contributed by atoms with Gasteiger partial charge in [0.15, 0.2) is 0 Å². The summed E-state index contributed by atoms with van der Waals surface area (Å²) < 4.78 is 0. The van der Waals surface area contributed by atoms with Crippen LogP contribution in [0, 0.1) is 0 Å². The third-order valence-corrected chi connectivity index (χ3v) is 4.21. The molecule has 0 bridgehead atoms. The number of carboxylic acids is 1. The molecule has 0 spiro atoms. The summed E-state index contributed by atoms with van der Waals surface area (Å²) in [6, 6.07) is -1.53. The molecule has 0 radical (unpaired) electrons. The molecular weight excluding hydrogens is 298 g/mol. The molecule has 0 aliphatic carbocycles. The van der Waals surface area contributed by atoms with E-state index < -0.39 is 18.0 Å². The van der Waals surface area contributed by atoms with E-state index in [1.54, 1.807) is 18.0 Å². The van der Waals surface area contributed by atoms with Crippen LogP contribution in [0.15, 0.2) is 11.6 Å². The molecule has 1 heterocycles. The van der Waals surface area contributed by atoms with Gasteiger partial charge in [0.2, 0.25) is 0 Å². The van der Waals surface area contributed by atoms with Crippen LogP contribution in [0.5, 0.6) is 0 Å². The lowest BCUT2D eigenvalue weighted by molar-refractivity contribution is -0.139. The number of thiazole rings is 1. The van der Waals surface area contributed by atoms with Crippen LogP contribution < -0.4 is 10.6 Å². The maximum atomic E-state index is 11.9. The average Bonchev–Trinajstić information content (AvgIpc) is 2.94. The Balaban J connectivity index is 2.53. The summed E-state index contributed by atoms with van der Waals surface area (Å²) in [5, 5.41) is 17.0. The predicted molar refractivity (Wildman–Crippen MR) is 81.2 cm³/mol. The van der Waals surface area contributed by atoms with Gasteiger partial charge in [-0.2, -0.15) is 11.8 Å². The van der Waals surface area contributed by atoms with Crippen molar-refractivity contribution < 1.29 is 14.7 Å². The normalized spacial score (nSPS) is 13.5.